The van der Waals surface area contributed by atoms with Crippen molar-refractivity contribution >= 4 is 32.3 Å². The summed E-state index contributed by atoms with van der Waals surface area (Å²) in [4.78, 5) is 28.5. The lowest BCUT2D eigenvalue weighted by Gasteiger charge is -2.03. The summed E-state index contributed by atoms with van der Waals surface area (Å²) in [5, 5.41) is 1.48. The normalized spacial score (nSPS) is 11.2. The van der Waals surface area contributed by atoms with Crippen molar-refractivity contribution in [1.82, 2.24) is 9.97 Å². The minimum atomic E-state index is -4.01. The van der Waals surface area contributed by atoms with Gasteiger partial charge in [-0.2, -0.15) is 0 Å². The average Bonchev–Trinajstić information content (AvgIpc) is 2.77. The molecular weight excluding hydrogens is 290 g/mol. The Hall–Kier alpha value is -2.00. The smallest absolute Gasteiger partial charge is 0.269 e. The second kappa shape index (κ2) is 4.94. The van der Waals surface area contributed by atoms with Gasteiger partial charge in [0, 0.05) is 30.8 Å². The Kier molecular flexibility index (Phi) is 3.49. The highest BCUT2D eigenvalue weighted by atomic mass is 32.2. The predicted molar refractivity (Wildman–Crippen MR) is 70.0 cm³/mol. The van der Waals surface area contributed by atoms with Crippen LogP contribution in [0.15, 0.2) is 33.5 Å². The van der Waals surface area contributed by atoms with Gasteiger partial charge in [0.15, 0.2) is 15.8 Å². The van der Waals surface area contributed by atoms with Crippen LogP contribution < -0.4 is 10.2 Å². The molecule has 0 spiro atoms. The number of Topliss-reactive ketones (excluding diaryl/α,β-unsaturated/α-hetero) is 1. The van der Waals surface area contributed by atoms with Gasteiger partial charge in [0.1, 0.15) is 5.69 Å². The van der Waals surface area contributed by atoms with Crippen LogP contribution in [-0.2, 0) is 10.0 Å². The molecule has 0 radical (unpaired) electrons. The van der Waals surface area contributed by atoms with Crippen molar-refractivity contribution in [1.29, 1.82) is 0 Å². The fourth-order valence-corrected chi connectivity index (χ4v) is 3.32. The maximum absolute atomic E-state index is 12.0. The zero-order valence-corrected chi connectivity index (χ0v) is 11.3. The van der Waals surface area contributed by atoms with E-state index in [2.05, 4.69) is 14.7 Å². The van der Waals surface area contributed by atoms with Gasteiger partial charge in [-0.25, -0.2) is 13.4 Å². The Morgan fingerprint density at radius 3 is 2.79 bits per heavy atom. The number of nitrogens with one attached hydrogen (secondary N) is 2. The van der Waals surface area contributed by atoms with Crippen LogP contribution >= 0.6 is 11.3 Å². The van der Waals surface area contributed by atoms with E-state index in [4.69, 9.17) is 0 Å². The lowest BCUT2D eigenvalue weighted by molar-refractivity contribution is 0.101. The lowest BCUT2D eigenvalue weighted by atomic mass is 10.4. The first-order chi connectivity index (χ1) is 8.90. The molecule has 9 heteroatoms. The van der Waals surface area contributed by atoms with E-state index < -0.39 is 20.3 Å². The first-order valence-electron chi connectivity index (χ1n) is 5.06. The number of thiazole rings is 1. The van der Waals surface area contributed by atoms with E-state index in [9.17, 15) is 18.0 Å². The highest BCUT2D eigenvalue weighted by Crippen LogP contribution is 2.18. The molecule has 0 saturated carbocycles. The lowest BCUT2D eigenvalue weighted by Crippen LogP contribution is -2.20. The van der Waals surface area contributed by atoms with Gasteiger partial charge in [0.2, 0.25) is 5.43 Å². The molecule has 2 rings (SSSR count). The molecule has 0 saturated heterocycles. The molecule has 0 aliphatic carbocycles. The molecular formula is C10H9N3O4S2. The van der Waals surface area contributed by atoms with Crippen LogP contribution in [-0.4, -0.2) is 24.2 Å². The molecule has 2 aromatic heterocycles. The summed E-state index contributed by atoms with van der Waals surface area (Å²) in [5.41, 5.74) is -0.459. The third-order valence-electron chi connectivity index (χ3n) is 2.16. The molecule has 0 unspecified atom stereocenters. The number of carbonyl (C=O) groups excluding carboxylic acids is 1. The Morgan fingerprint density at radius 2 is 2.21 bits per heavy atom. The van der Waals surface area contributed by atoms with E-state index in [0.29, 0.717) is 0 Å². The van der Waals surface area contributed by atoms with Crippen LogP contribution in [0.4, 0.5) is 5.13 Å². The number of carbonyl (C=O) groups is 1. The molecule has 100 valence electrons. The standard InChI is InChI=1S/C10H9N3O4S2/c1-6(14)7-5-18-10(12-7)13-19(16,17)9-4-11-3-2-8(9)15/h2-5H,1H3,(H,11,15)(H,12,13). The zero-order chi connectivity index (χ0) is 14.0. The number of hydrogen-bond acceptors (Lipinski definition) is 6. The number of aromatic nitrogens is 2. The van der Waals surface area contributed by atoms with Gasteiger partial charge in [-0.05, 0) is 0 Å². The molecule has 0 aromatic carbocycles. The molecule has 2 aromatic rings. The first-order valence-corrected chi connectivity index (χ1v) is 7.43. The molecule has 2 heterocycles. The van der Waals surface area contributed by atoms with Crippen LogP contribution in [0.3, 0.4) is 0 Å². The zero-order valence-electron chi connectivity index (χ0n) is 9.71. The third-order valence-corrected chi connectivity index (χ3v) is 4.41. The van der Waals surface area contributed by atoms with Gasteiger partial charge in [-0.1, -0.05) is 0 Å². The molecule has 0 amide bonds. The van der Waals surface area contributed by atoms with Crippen LogP contribution in [0.5, 0.6) is 0 Å². The Balaban J connectivity index is 2.34. The van der Waals surface area contributed by atoms with Gasteiger partial charge in [-0.3, -0.25) is 14.3 Å². The Bertz CT molecular complexity index is 776. The molecule has 0 bridgehead atoms. The number of rotatable bonds is 4. The van der Waals surface area contributed by atoms with Crippen LogP contribution in [0.25, 0.3) is 0 Å². The second-order valence-electron chi connectivity index (χ2n) is 3.57. The molecule has 0 aliphatic heterocycles. The first kappa shape index (κ1) is 13.4. The minimum absolute atomic E-state index is 0.0356. The summed E-state index contributed by atoms with van der Waals surface area (Å²) in [7, 11) is -4.01. The van der Waals surface area contributed by atoms with E-state index in [1.54, 1.807) is 0 Å². The van der Waals surface area contributed by atoms with Gasteiger partial charge in [0.05, 0.1) is 0 Å². The number of ketones is 1. The third kappa shape index (κ3) is 2.88. The van der Waals surface area contributed by atoms with Crippen LogP contribution in [0.2, 0.25) is 0 Å². The number of anilines is 1. The van der Waals surface area contributed by atoms with Crippen molar-refractivity contribution in [2.24, 2.45) is 0 Å². The highest BCUT2D eigenvalue weighted by Gasteiger charge is 2.19. The van der Waals surface area contributed by atoms with Crippen LogP contribution in [0.1, 0.15) is 17.4 Å². The summed E-state index contributed by atoms with van der Waals surface area (Å²) in [6, 6.07) is 1.11. The van der Waals surface area contributed by atoms with Gasteiger partial charge >= 0.3 is 0 Å². The second-order valence-corrected chi connectivity index (χ2v) is 6.08. The summed E-state index contributed by atoms with van der Waals surface area (Å²) in [6.07, 6.45) is 2.42. The van der Waals surface area contributed by atoms with E-state index >= 15 is 0 Å². The van der Waals surface area contributed by atoms with Gasteiger partial charge in [0.25, 0.3) is 10.0 Å². The summed E-state index contributed by atoms with van der Waals surface area (Å²) >= 11 is 0.971. The molecule has 0 aliphatic rings. The summed E-state index contributed by atoms with van der Waals surface area (Å²) < 4.78 is 26.1. The SMILES string of the molecule is CC(=O)c1csc(NS(=O)(=O)c2c[nH]ccc2=O)n1. The van der Waals surface area contributed by atoms with Gasteiger partial charge in [-0.15, -0.1) is 11.3 Å². The van der Waals surface area contributed by atoms with E-state index in [1.807, 2.05) is 0 Å². The van der Waals surface area contributed by atoms with E-state index in [1.165, 1.54) is 18.5 Å². The molecule has 2 N–H and O–H groups in total. The maximum Gasteiger partial charge on any atom is 0.269 e. The quantitative estimate of drug-likeness (QED) is 0.813. The number of pyridine rings is 1. The number of H-pyrrole nitrogens is 1. The number of aromatic amines is 1. The fraction of sp³-hybridized carbons (Fsp3) is 0.100. The minimum Gasteiger partial charge on any atom is -0.366 e. The maximum atomic E-state index is 12.0. The average molecular weight is 299 g/mol. The Morgan fingerprint density at radius 1 is 1.47 bits per heavy atom. The topological polar surface area (TPSA) is 109 Å². The monoisotopic (exact) mass is 299 g/mol. The van der Waals surface area contributed by atoms with E-state index in [0.717, 1.165) is 23.6 Å². The van der Waals surface area contributed by atoms with Crippen molar-refractivity contribution < 1.29 is 13.2 Å². The largest absolute Gasteiger partial charge is 0.366 e. The fourth-order valence-electron chi connectivity index (χ4n) is 1.26. The van der Waals surface area contributed by atoms with E-state index in [-0.39, 0.29) is 16.6 Å². The highest BCUT2D eigenvalue weighted by molar-refractivity contribution is 7.92. The van der Waals surface area contributed by atoms with Crippen molar-refractivity contribution in [3.63, 3.8) is 0 Å². The predicted octanol–water partition coefficient (Wildman–Crippen LogP) is 0.835. The van der Waals surface area contributed by atoms with Crippen LogP contribution in [0, 0.1) is 0 Å². The molecule has 0 atom stereocenters. The molecule has 7 nitrogen and oxygen atoms in total. The number of nitrogens with zero attached hydrogens (tertiary/aromatic N) is 1. The Labute approximate surface area is 112 Å². The molecule has 19 heavy (non-hydrogen) atoms. The van der Waals surface area contributed by atoms with Crippen molar-refractivity contribution in [3.05, 3.63) is 39.8 Å². The van der Waals surface area contributed by atoms with Crippen molar-refractivity contribution in [2.45, 2.75) is 11.8 Å². The summed E-state index contributed by atoms with van der Waals surface area (Å²) in [5.74, 6) is -0.265. The van der Waals surface area contributed by atoms with Crippen molar-refractivity contribution in [3.8, 4) is 0 Å². The summed E-state index contributed by atoms with van der Waals surface area (Å²) in [6.45, 7) is 1.33. The number of hydrogen-bond donors (Lipinski definition) is 2. The number of sulfonamides is 1. The van der Waals surface area contributed by atoms with Crippen molar-refractivity contribution in [2.75, 3.05) is 4.72 Å². The molecule has 0 fully saturated rings. The van der Waals surface area contributed by atoms with Gasteiger partial charge < -0.3 is 4.98 Å².